The van der Waals surface area contributed by atoms with E-state index in [2.05, 4.69) is 17.0 Å². The Bertz CT molecular complexity index is 770. The van der Waals surface area contributed by atoms with Crippen molar-refractivity contribution >= 4 is 16.8 Å². The summed E-state index contributed by atoms with van der Waals surface area (Å²) in [4.78, 5) is 12.1. The van der Waals surface area contributed by atoms with Crippen LogP contribution in [-0.2, 0) is 10.2 Å². The second-order valence-electron chi connectivity index (χ2n) is 6.87. The van der Waals surface area contributed by atoms with Gasteiger partial charge >= 0.3 is 0 Å². The zero-order valence-electron chi connectivity index (χ0n) is 13.1. The standard InChI is InChI=1S/C17H20FN3O/c1-10-5-8-13(16(22)19-10)21-9-11-6-7-12(18)14(15(11)20-21)17(2,3)4/h6-7,9,13H,1,5,8H2,2-4H3,(H,19,22). The predicted octanol–water partition coefficient (Wildman–Crippen LogP) is 3.44. The van der Waals surface area contributed by atoms with Gasteiger partial charge in [0.05, 0.1) is 5.52 Å². The number of hydrogen-bond donors (Lipinski definition) is 1. The summed E-state index contributed by atoms with van der Waals surface area (Å²) < 4.78 is 15.9. The van der Waals surface area contributed by atoms with Gasteiger partial charge < -0.3 is 5.32 Å². The van der Waals surface area contributed by atoms with E-state index in [0.29, 0.717) is 17.5 Å². The van der Waals surface area contributed by atoms with Crippen LogP contribution >= 0.6 is 0 Å². The predicted molar refractivity (Wildman–Crippen MR) is 83.9 cm³/mol. The van der Waals surface area contributed by atoms with Crippen molar-refractivity contribution in [2.75, 3.05) is 0 Å². The number of carbonyl (C=O) groups is 1. The highest BCUT2D eigenvalue weighted by Gasteiger charge is 2.28. The Morgan fingerprint density at radius 1 is 1.41 bits per heavy atom. The van der Waals surface area contributed by atoms with Gasteiger partial charge in [-0.25, -0.2) is 4.39 Å². The van der Waals surface area contributed by atoms with Gasteiger partial charge in [0.2, 0.25) is 5.91 Å². The van der Waals surface area contributed by atoms with E-state index in [-0.39, 0.29) is 23.2 Å². The highest BCUT2D eigenvalue weighted by Crippen LogP contribution is 2.33. The lowest BCUT2D eigenvalue weighted by atomic mass is 9.85. The Labute approximate surface area is 129 Å². The molecule has 1 fully saturated rings. The van der Waals surface area contributed by atoms with Crippen LogP contribution in [0.1, 0.15) is 45.2 Å². The summed E-state index contributed by atoms with van der Waals surface area (Å²) in [5, 5.41) is 8.14. The molecule has 4 nitrogen and oxygen atoms in total. The van der Waals surface area contributed by atoms with Crippen molar-refractivity contribution in [1.29, 1.82) is 0 Å². The highest BCUT2D eigenvalue weighted by molar-refractivity contribution is 5.85. The minimum atomic E-state index is -0.367. The number of hydrogen-bond acceptors (Lipinski definition) is 2. The molecule has 0 aliphatic carbocycles. The fourth-order valence-corrected chi connectivity index (χ4v) is 2.97. The van der Waals surface area contributed by atoms with E-state index in [1.54, 1.807) is 10.7 Å². The number of aromatic nitrogens is 2. The molecule has 2 heterocycles. The summed E-state index contributed by atoms with van der Waals surface area (Å²) >= 11 is 0. The van der Waals surface area contributed by atoms with E-state index in [9.17, 15) is 9.18 Å². The third-order valence-electron chi connectivity index (χ3n) is 4.04. The van der Waals surface area contributed by atoms with E-state index in [1.165, 1.54) is 6.07 Å². The average Bonchev–Trinajstić information content (AvgIpc) is 2.79. The molecule has 1 atom stereocenters. The van der Waals surface area contributed by atoms with Gasteiger partial charge in [-0.15, -0.1) is 0 Å². The quantitative estimate of drug-likeness (QED) is 0.877. The first kappa shape index (κ1) is 14.8. The van der Waals surface area contributed by atoms with E-state index in [4.69, 9.17) is 0 Å². The molecule has 1 aliphatic heterocycles. The summed E-state index contributed by atoms with van der Waals surface area (Å²) in [5.41, 5.74) is 1.60. The number of rotatable bonds is 1. The third-order valence-corrected chi connectivity index (χ3v) is 4.04. The summed E-state index contributed by atoms with van der Waals surface area (Å²) in [6.45, 7) is 9.66. The van der Waals surface area contributed by atoms with Crippen LogP contribution in [0.4, 0.5) is 4.39 Å². The molecule has 116 valence electrons. The minimum Gasteiger partial charge on any atom is -0.329 e. The molecular weight excluding hydrogens is 281 g/mol. The zero-order valence-corrected chi connectivity index (χ0v) is 13.1. The number of carbonyl (C=O) groups excluding carboxylic acids is 1. The molecule has 1 amide bonds. The maximum atomic E-state index is 14.3. The van der Waals surface area contributed by atoms with Crippen LogP contribution in [-0.4, -0.2) is 15.7 Å². The van der Waals surface area contributed by atoms with Gasteiger partial charge in [0, 0.05) is 22.8 Å². The Balaban J connectivity index is 2.11. The van der Waals surface area contributed by atoms with E-state index < -0.39 is 0 Å². The molecule has 1 aromatic heterocycles. The molecule has 1 N–H and O–H groups in total. The molecule has 1 unspecified atom stereocenters. The molecule has 1 saturated heterocycles. The Morgan fingerprint density at radius 3 is 2.77 bits per heavy atom. The number of piperidine rings is 1. The SMILES string of the molecule is C=C1CCC(n2cc3ccc(F)c(C(C)(C)C)c3n2)C(=O)N1. The van der Waals surface area contributed by atoms with Gasteiger partial charge in [0.15, 0.2) is 0 Å². The molecule has 2 aromatic rings. The Hall–Kier alpha value is -2.17. The minimum absolute atomic E-state index is 0.109. The van der Waals surface area contributed by atoms with Gasteiger partial charge in [-0.05, 0) is 30.4 Å². The van der Waals surface area contributed by atoms with Crippen LogP contribution in [0.3, 0.4) is 0 Å². The van der Waals surface area contributed by atoms with Crippen molar-refractivity contribution in [2.45, 2.75) is 45.1 Å². The summed E-state index contributed by atoms with van der Waals surface area (Å²) in [6.07, 6.45) is 3.21. The molecule has 0 spiro atoms. The van der Waals surface area contributed by atoms with E-state index in [1.807, 2.05) is 27.0 Å². The second kappa shape index (κ2) is 4.93. The van der Waals surface area contributed by atoms with Crippen LogP contribution in [0.5, 0.6) is 0 Å². The van der Waals surface area contributed by atoms with Crippen LogP contribution in [0, 0.1) is 5.82 Å². The lowest BCUT2D eigenvalue weighted by molar-refractivity contribution is -0.125. The van der Waals surface area contributed by atoms with Gasteiger partial charge in [0.25, 0.3) is 0 Å². The first-order valence-electron chi connectivity index (χ1n) is 7.44. The van der Waals surface area contributed by atoms with Crippen molar-refractivity contribution in [1.82, 2.24) is 15.1 Å². The number of allylic oxidation sites excluding steroid dienone is 1. The molecule has 5 heteroatoms. The van der Waals surface area contributed by atoms with Crippen molar-refractivity contribution in [3.63, 3.8) is 0 Å². The summed E-state index contributed by atoms with van der Waals surface area (Å²) in [6, 6.07) is 2.81. The van der Waals surface area contributed by atoms with Crippen molar-refractivity contribution in [3.8, 4) is 0 Å². The normalized spacial score (nSPS) is 19.5. The molecule has 3 rings (SSSR count). The fraction of sp³-hybridized carbons (Fsp3) is 0.412. The summed E-state index contributed by atoms with van der Waals surface area (Å²) in [7, 11) is 0. The van der Waals surface area contributed by atoms with E-state index in [0.717, 1.165) is 17.5 Å². The van der Waals surface area contributed by atoms with Gasteiger partial charge in [-0.2, -0.15) is 5.10 Å². The monoisotopic (exact) mass is 301 g/mol. The van der Waals surface area contributed by atoms with Gasteiger partial charge in [0.1, 0.15) is 11.9 Å². The fourth-order valence-electron chi connectivity index (χ4n) is 2.97. The van der Waals surface area contributed by atoms with Crippen LogP contribution < -0.4 is 5.32 Å². The first-order chi connectivity index (χ1) is 10.3. The molecular formula is C17H20FN3O. The van der Waals surface area contributed by atoms with Crippen molar-refractivity contribution < 1.29 is 9.18 Å². The Kier molecular flexibility index (Phi) is 3.31. The smallest absolute Gasteiger partial charge is 0.248 e. The summed E-state index contributed by atoms with van der Waals surface area (Å²) in [5.74, 6) is -0.367. The average molecular weight is 301 g/mol. The lowest BCUT2D eigenvalue weighted by Crippen LogP contribution is -2.36. The number of nitrogens with one attached hydrogen (secondary N) is 1. The van der Waals surface area contributed by atoms with Crippen molar-refractivity contribution in [3.05, 3.63) is 42.0 Å². The number of nitrogens with zero attached hydrogens (tertiary/aromatic N) is 2. The van der Waals surface area contributed by atoms with Gasteiger partial charge in [-0.1, -0.05) is 27.4 Å². The number of fused-ring (bicyclic) bond motifs is 1. The van der Waals surface area contributed by atoms with Crippen LogP contribution in [0.2, 0.25) is 0 Å². The molecule has 0 saturated carbocycles. The first-order valence-corrected chi connectivity index (χ1v) is 7.44. The molecule has 22 heavy (non-hydrogen) atoms. The van der Waals surface area contributed by atoms with Crippen LogP contribution in [0.25, 0.3) is 10.9 Å². The van der Waals surface area contributed by atoms with Crippen LogP contribution in [0.15, 0.2) is 30.6 Å². The topological polar surface area (TPSA) is 46.9 Å². The Morgan fingerprint density at radius 2 is 2.14 bits per heavy atom. The maximum absolute atomic E-state index is 14.3. The highest BCUT2D eigenvalue weighted by atomic mass is 19.1. The number of amides is 1. The molecule has 0 bridgehead atoms. The second-order valence-corrected chi connectivity index (χ2v) is 6.87. The largest absolute Gasteiger partial charge is 0.329 e. The molecule has 1 aliphatic rings. The lowest BCUT2D eigenvalue weighted by Gasteiger charge is -2.23. The zero-order chi connectivity index (χ0) is 16.1. The van der Waals surface area contributed by atoms with Crippen molar-refractivity contribution in [2.24, 2.45) is 0 Å². The number of benzene rings is 1. The molecule has 0 radical (unpaired) electrons. The maximum Gasteiger partial charge on any atom is 0.248 e. The number of halogens is 1. The van der Waals surface area contributed by atoms with E-state index >= 15 is 0 Å². The third kappa shape index (κ3) is 2.40. The molecule has 1 aromatic carbocycles. The van der Waals surface area contributed by atoms with Gasteiger partial charge in [-0.3, -0.25) is 9.48 Å².